The van der Waals surface area contributed by atoms with Crippen molar-refractivity contribution in [3.63, 3.8) is 0 Å². The maximum atomic E-state index is 8.36. The highest BCUT2D eigenvalue weighted by atomic mass is 32.1. The molecule has 0 aromatic carbocycles. The molecule has 1 nitrogen and oxygen atoms in total. The van der Waals surface area contributed by atoms with Gasteiger partial charge in [0.15, 0.2) is 0 Å². The number of aryl methyl sites for hydroxylation is 1. The number of hydrogen-bond acceptors (Lipinski definition) is 2. The summed E-state index contributed by atoms with van der Waals surface area (Å²) in [4.78, 5) is 1.10. The lowest BCUT2D eigenvalue weighted by atomic mass is 10.3. The van der Waals surface area contributed by atoms with E-state index in [1.807, 2.05) is 18.4 Å². The Bertz CT molecular complexity index is 219. The van der Waals surface area contributed by atoms with Crippen molar-refractivity contribution in [1.82, 2.24) is 0 Å². The molecule has 0 amide bonds. The molecule has 0 unspecified atom stereocenters. The van der Waals surface area contributed by atoms with Crippen molar-refractivity contribution in [2.24, 2.45) is 0 Å². The standard InChI is InChI=1S/C6H5NS/c1-5-6(4-7)2-3-8-5/h2-3H,1H3. The fourth-order valence-electron chi connectivity index (χ4n) is 0.501. The molecule has 0 fully saturated rings. The maximum Gasteiger partial charge on any atom is 0.100 e. The molecule has 0 saturated heterocycles. The van der Waals surface area contributed by atoms with Gasteiger partial charge >= 0.3 is 0 Å². The molecule has 0 spiro atoms. The van der Waals surface area contributed by atoms with Gasteiger partial charge in [0.05, 0.1) is 5.56 Å². The van der Waals surface area contributed by atoms with E-state index in [1.165, 1.54) is 0 Å². The lowest BCUT2D eigenvalue weighted by molar-refractivity contribution is 1.47. The Morgan fingerprint density at radius 2 is 2.50 bits per heavy atom. The highest BCUT2D eigenvalue weighted by molar-refractivity contribution is 7.10. The van der Waals surface area contributed by atoms with Gasteiger partial charge in [0.1, 0.15) is 6.07 Å². The summed E-state index contributed by atoms with van der Waals surface area (Å²) in [7, 11) is 0. The van der Waals surface area contributed by atoms with Crippen LogP contribution >= 0.6 is 11.3 Å². The molecule has 1 aromatic rings. The smallest absolute Gasteiger partial charge is 0.100 e. The first-order valence-corrected chi connectivity index (χ1v) is 3.17. The van der Waals surface area contributed by atoms with Gasteiger partial charge < -0.3 is 0 Å². The molecule has 1 aromatic heterocycles. The molecule has 0 bridgehead atoms. The zero-order chi connectivity index (χ0) is 5.98. The predicted molar refractivity (Wildman–Crippen MR) is 33.8 cm³/mol. The zero-order valence-corrected chi connectivity index (χ0v) is 5.33. The van der Waals surface area contributed by atoms with Crippen molar-refractivity contribution in [1.29, 1.82) is 5.26 Å². The molecule has 0 aliphatic carbocycles. The van der Waals surface area contributed by atoms with E-state index >= 15 is 0 Å². The van der Waals surface area contributed by atoms with Gasteiger partial charge in [0.2, 0.25) is 0 Å². The van der Waals surface area contributed by atoms with Crippen molar-refractivity contribution >= 4 is 11.3 Å². The van der Waals surface area contributed by atoms with E-state index in [4.69, 9.17) is 5.26 Å². The van der Waals surface area contributed by atoms with E-state index in [1.54, 1.807) is 11.3 Å². The number of nitriles is 1. The number of thiophene rings is 1. The molecular formula is C6H5NS. The third kappa shape index (κ3) is 0.728. The van der Waals surface area contributed by atoms with E-state index in [0.717, 1.165) is 10.4 Å². The highest BCUT2D eigenvalue weighted by Crippen LogP contribution is 2.12. The van der Waals surface area contributed by atoms with Crippen molar-refractivity contribution in [3.8, 4) is 6.07 Å². The van der Waals surface area contributed by atoms with E-state index < -0.39 is 0 Å². The first-order valence-electron chi connectivity index (χ1n) is 2.29. The first kappa shape index (κ1) is 5.33. The molecule has 0 aliphatic rings. The second-order valence-corrected chi connectivity index (χ2v) is 2.62. The average molecular weight is 123 g/mol. The molecule has 40 valence electrons. The molecule has 0 saturated carbocycles. The normalized spacial score (nSPS) is 8.50. The molecular weight excluding hydrogens is 118 g/mol. The van der Waals surface area contributed by atoms with Crippen molar-refractivity contribution in [2.45, 2.75) is 6.92 Å². The van der Waals surface area contributed by atoms with Gasteiger partial charge in [-0.1, -0.05) is 0 Å². The summed E-state index contributed by atoms with van der Waals surface area (Å²) in [5, 5.41) is 10.3. The van der Waals surface area contributed by atoms with Gasteiger partial charge in [-0.15, -0.1) is 11.3 Å². The van der Waals surface area contributed by atoms with E-state index in [0.29, 0.717) is 0 Å². The largest absolute Gasteiger partial charge is 0.192 e. The van der Waals surface area contributed by atoms with Crippen LogP contribution in [-0.4, -0.2) is 0 Å². The van der Waals surface area contributed by atoms with Gasteiger partial charge in [-0.2, -0.15) is 5.26 Å². The molecule has 0 atom stereocenters. The Labute approximate surface area is 52.2 Å². The maximum absolute atomic E-state index is 8.36. The summed E-state index contributed by atoms with van der Waals surface area (Å²) < 4.78 is 0. The molecule has 1 heterocycles. The summed E-state index contributed by atoms with van der Waals surface area (Å²) in [6.45, 7) is 1.95. The number of nitrogens with zero attached hydrogens (tertiary/aromatic N) is 1. The highest BCUT2D eigenvalue weighted by Gasteiger charge is 1.93. The Morgan fingerprint density at radius 1 is 1.75 bits per heavy atom. The minimum atomic E-state index is 0.801. The number of hydrogen-bond donors (Lipinski definition) is 0. The Kier molecular flexibility index (Phi) is 1.32. The van der Waals surface area contributed by atoms with Crippen LogP contribution in [0, 0.1) is 18.3 Å². The average Bonchev–Trinajstić information content (AvgIpc) is 2.14. The molecule has 8 heavy (non-hydrogen) atoms. The minimum absolute atomic E-state index is 0.801. The third-order valence-corrected chi connectivity index (χ3v) is 1.82. The topological polar surface area (TPSA) is 23.8 Å². The molecule has 0 N–H and O–H groups in total. The van der Waals surface area contributed by atoms with Crippen LogP contribution in [0.5, 0.6) is 0 Å². The summed E-state index contributed by atoms with van der Waals surface area (Å²) in [6.07, 6.45) is 0. The molecule has 0 aliphatic heterocycles. The summed E-state index contributed by atoms with van der Waals surface area (Å²) >= 11 is 1.61. The van der Waals surface area contributed by atoms with Crippen LogP contribution in [0.4, 0.5) is 0 Å². The van der Waals surface area contributed by atoms with E-state index in [2.05, 4.69) is 6.07 Å². The van der Waals surface area contributed by atoms with Crippen molar-refractivity contribution < 1.29 is 0 Å². The number of rotatable bonds is 0. The van der Waals surface area contributed by atoms with Crippen LogP contribution in [0.1, 0.15) is 10.4 Å². The van der Waals surface area contributed by atoms with Gasteiger partial charge in [-0.05, 0) is 18.4 Å². The zero-order valence-electron chi connectivity index (χ0n) is 4.51. The van der Waals surface area contributed by atoms with Crippen LogP contribution < -0.4 is 0 Å². The quantitative estimate of drug-likeness (QED) is 0.517. The lowest BCUT2D eigenvalue weighted by Crippen LogP contribution is -1.65. The Balaban J connectivity index is 3.15. The van der Waals surface area contributed by atoms with Crippen LogP contribution in [0.3, 0.4) is 0 Å². The van der Waals surface area contributed by atoms with Crippen LogP contribution in [0.25, 0.3) is 0 Å². The Morgan fingerprint density at radius 3 is 2.75 bits per heavy atom. The van der Waals surface area contributed by atoms with Gasteiger partial charge in [-0.3, -0.25) is 0 Å². The van der Waals surface area contributed by atoms with Crippen LogP contribution in [-0.2, 0) is 0 Å². The summed E-state index contributed by atoms with van der Waals surface area (Å²) in [5.74, 6) is 0. The van der Waals surface area contributed by atoms with Gasteiger partial charge in [0.25, 0.3) is 0 Å². The van der Waals surface area contributed by atoms with Crippen LogP contribution in [0.2, 0.25) is 0 Å². The monoisotopic (exact) mass is 123 g/mol. The first-order chi connectivity index (χ1) is 3.84. The second kappa shape index (κ2) is 1.97. The third-order valence-electron chi connectivity index (χ3n) is 0.979. The SMILES string of the molecule is Cc1sccc1C#N. The molecule has 0 radical (unpaired) electrons. The minimum Gasteiger partial charge on any atom is -0.192 e. The van der Waals surface area contributed by atoms with Gasteiger partial charge in [0, 0.05) is 4.88 Å². The van der Waals surface area contributed by atoms with E-state index in [-0.39, 0.29) is 0 Å². The lowest BCUT2D eigenvalue weighted by Gasteiger charge is -1.76. The fraction of sp³-hybridized carbons (Fsp3) is 0.167. The van der Waals surface area contributed by atoms with Crippen molar-refractivity contribution in [2.75, 3.05) is 0 Å². The molecule has 2 heteroatoms. The van der Waals surface area contributed by atoms with Gasteiger partial charge in [-0.25, -0.2) is 0 Å². The Hall–Kier alpha value is -0.810. The van der Waals surface area contributed by atoms with Crippen molar-refractivity contribution in [3.05, 3.63) is 21.9 Å². The summed E-state index contributed by atoms with van der Waals surface area (Å²) in [5.41, 5.74) is 0.801. The fourth-order valence-corrected chi connectivity index (χ4v) is 1.15. The van der Waals surface area contributed by atoms with Crippen LogP contribution in [0.15, 0.2) is 11.4 Å². The summed E-state index contributed by atoms with van der Waals surface area (Å²) in [6, 6.07) is 3.92. The van der Waals surface area contributed by atoms with E-state index in [9.17, 15) is 0 Å². The predicted octanol–water partition coefficient (Wildman–Crippen LogP) is 1.93. The molecule has 1 rings (SSSR count). The second-order valence-electron chi connectivity index (χ2n) is 1.50.